The molecular weight excluding hydrogens is 256 g/mol. The summed E-state index contributed by atoms with van der Waals surface area (Å²) in [5.41, 5.74) is 2.02. The number of aromatic nitrogens is 1. The van der Waals surface area contributed by atoms with Crippen LogP contribution in [-0.2, 0) is 13.1 Å². The molecule has 5 heteroatoms. The lowest BCUT2D eigenvalue weighted by Crippen LogP contribution is -2.17. The van der Waals surface area contributed by atoms with E-state index in [0.717, 1.165) is 35.1 Å². The van der Waals surface area contributed by atoms with Gasteiger partial charge in [0.2, 0.25) is 0 Å². The minimum atomic E-state index is 0.709. The van der Waals surface area contributed by atoms with Crippen molar-refractivity contribution in [2.45, 2.75) is 20.0 Å². The Labute approximate surface area is 119 Å². The van der Waals surface area contributed by atoms with Gasteiger partial charge < -0.3 is 14.0 Å². The number of rotatable bonds is 6. The highest BCUT2D eigenvalue weighted by atomic mass is 16.5. The van der Waals surface area contributed by atoms with Crippen LogP contribution in [0.2, 0.25) is 0 Å². The quantitative estimate of drug-likeness (QED) is 0.811. The van der Waals surface area contributed by atoms with Crippen LogP contribution in [0.25, 0.3) is 0 Å². The molecular formula is C15H20N2O3. The summed E-state index contributed by atoms with van der Waals surface area (Å²) < 4.78 is 15.8. The van der Waals surface area contributed by atoms with Crippen molar-refractivity contribution in [1.29, 1.82) is 0 Å². The molecule has 20 heavy (non-hydrogen) atoms. The van der Waals surface area contributed by atoms with Crippen LogP contribution < -0.4 is 9.47 Å². The third-order valence-electron chi connectivity index (χ3n) is 2.97. The minimum absolute atomic E-state index is 0.709. The van der Waals surface area contributed by atoms with Crippen molar-refractivity contribution in [1.82, 2.24) is 10.1 Å². The molecule has 0 saturated heterocycles. The molecule has 0 atom stereocenters. The van der Waals surface area contributed by atoms with E-state index in [1.807, 2.05) is 38.2 Å². The molecule has 0 amide bonds. The van der Waals surface area contributed by atoms with E-state index < -0.39 is 0 Å². The summed E-state index contributed by atoms with van der Waals surface area (Å²) in [4.78, 5) is 2.15. The molecule has 0 aliphatic carbocycles. The third kappa shape index (κ3) is 3.74. The van der Waals surface area contributed by atoms with Gasteiger partial charge in [-0.05, 0) is 31.7 Å². The Morgan fingerprint density at radius 2 is 1.70 bits per heavy atom. The van der Waals surface area contributed by atoms with E-state index in [1.54, 1.807) is 14.2 Å². The number of aryl methyl sites for hydroxylation is 1. The van der Waals surface area contributed by atoms with Gasteiger partial charge in [0, 0.05) is 18.7 Å². The zero-order valence-corrected chi connectivity index (χ0v) is 12.3. The largest absolute Gasteiger partial charge is 0.497 e. The molecule has 0 spiro atoms. The molecule has 1 aromatic carbocycles. The number of benzene rings is 1. The van der Waals surface area contributed by atoms with Gasteiger partial charge in [-0.1, -0.05) is 5.16 Å². The van der Waals surface area contributed by atoms with Crippen molar-refractivity contribution >= 4 is 0 Å². The molecule has 0 aliphatic rings. The van der Waals surface area contributed by atoms with E-state index in [1.165, 1.54) is 0 Å². The Morgan fingerprint density at radius 1 is 1.05 bits per heavy atom. The van der Waals surface area contributed by atoms with Crippen molar-refractivity contribution in [2.24, 2.45) is 0 Å². The van der Waals surface area contributed by atoms with Gasteiger partial charge in [0.1, 0.15) is 11.5 Å². The summed E-state index contributed by atoms with van der Waals surface area (Å²) in [6.07, 6.45) is 0. The molecule has 1 heterocycles. The second-order valence-corrected chi connectivity index (χ2v) is 4.83. The Morgan fingerprint density at radius 3 is 2.20 bits per heavy atom. The second kappa shape index (κ2) is 6.43. The van der Waals surface area contributed by atoms with Crippen LogP contribution in [0.3, 0.4) is 0 Å². The predicted octanol–water partition coefficient (Wildman–Crippen LogP) is 2.63. The van der Waals surface area contributed by atoms with Gasteiger partial charge in [-0.3, -0.25) is 4.90 Å². The van der Waals surface area contributed by atoms with Gasteiger partial charge in [-0.15, -0.1) is 0 Å². The van der Waals surface area contributed by atoms with Crippen LogP contribution in [0.1, 0.15) is 17.0 Å². The standard InChI is InChI=1S/C15H20N2O3/c1-11-5-15(20-16-11)10-17(2)9-12-6-13(18-3)8-14(7-12)19-4/h5-8H,9-10H2,1-4H3. The average molecular weight is 276 g/mol. The lowest BCUT2D eigenvalue weighted by atomic mass is 10.2. The normalized spacial score (nSPS) is 10.8. The van der Waals surface area contributed by atoms with Crippen LogP contribution in [-0.4, -0.2) is 31.3 Å². The van der Waals surface area contributed by atoms with Gasteiger partial charge >= 0.3 is 0 Å². The molecule has 0 unspecified atom stereocenters. The number of methoxy groups -OCH3 is 2. The molecule has 2 rings (SSSR count). The SMILES string of the molecule is COc1cc(CN(C)Cc2cc(C)no2)cc(OC)c1. The van der Waals surface area contributed by atoms with E-state index in [4.69, 9.17) is 14.0 Å². The smallest absolute Gasteiger partial charge is 0.150 e. The molecule has 0 N–H and O–H groups in total. The fraction of sp³-hybridized carbons (Fsp3) is 0.400. The topological polar surface area (TPSA) is 47.7 Å². The van der Waals surface area contributed by atoms with Gasteiger partial charge in [-0.2, -0.15) is 0 Å². The lowest BCUT2D eigenvalue weighted by Gasteiger charge is -2.16. The molecule has 0 radical (unpaired) electrons. The third-order valence-corrected chi connectivity index (χ3v) is 2.97. The van der Waals surface area contributed by atoms with E-state index in [2.05, 4.69) is 10.1 Å². The first-order valence-electron chi connectivity index (χ1n) is 6.43. The van der Waals surface area contributed by atoms with E-state index >= 15 is 0 Å². The van der Waals surface area contributed by atoms with Gasteiger partial charge in [0.25, 0.3) is 0 Å². The number of hydrogen-bond donors (Lipinski definition) is 0. The van der Waals surface area contributed by atoms with Gasteiger partial charge in [0.05, 0.1) is 26.5 Å². The van der Waals surface area contributed by atoms with E-state index in [-0.39, 0.29) is 0 Å². The Bertz CT molecular complexity index is 544. The molecule has 0 fully saturated rings. The summed E-state index contributed by atoms with van der Waals surface area (Å²) in [5, 5.41) is 3.89. The molecule has 0 aliphatic heterocycles. The zero-order valence-electron chi connectivity index (χ0n) is 12.3. The molecule has 108 valence electrons. The summed E-state index contributed by atoms with van der Waals surface area (Å²) in [6, 6.07) is 7.82. The van der Waals surface area contributed by atoms with Crippen molar-refractivity contribution in [2.75, 3.05) is 21.3 Å². The van der Waals surface area contributed by atoms with Crippen LogP contribution in [0.15, 0.2) is 28.8 Å². The summed E-state index contributed by atoms with van der Waals surface area (Å²) in [6.45, 7) is 3.40. The maximum absolute atomic E-state index is 5.27. The lowest BCUT2D eigenvalue weighted by molar-refractivity contribution is 0.265. The second-order valence-electron chi connectivity index (χ2n) is 4.83. The maximum atomic E-state index is 5.27. The van der Waals surface area contributed by atoms with Crippen molar-refractivity contribution < 1.29 is 14.0 Å². The fourth-order valence-electron chi connectivity index (χ4n) is 2.08. The first-order valence-corrected chi connectivity index (χ1v) is 6.43. The summed E-state index contributed by atoms with van der Waals surface area (Å²) in [5.74, 6) is 2.45. The summed E-state index contributed by atoms with van der Waals surface area (Å²) in [7, 11) is 5.34. The fourth-order valence-corrected chi connectivity index (χ4v) is 2.08. The minimum Gasteiger partial charge on any atom is -0.497 e. The molecule has 0 bridgehead atoms. The molecule has 5 nitrogen and oxygen atoms in total. The van der Waals surface area contributed by atoms with Crippen molar-refractivity contribution in [3.05, 3.63) is 41.3 Å². The molecule has 2 aromatic rings. The number of nitrogens with zero attached hydrogens (tertiary/aromatic N) is 2. The van der Waals surface area contributed by atoms with E-state index in [0.29, 0.717) is 6.54 Å². The van der Waals surface area contributed by atoms with Crippen molar-refractivity contribution in [3.63, 3.8) is 0 Å². The molecule has 0 saturated carbocycles. The zero-order chi connectivity index (χ0) is 14.5. The Hall–Kier alpha value is -2.01. The van der Waals surface area contributed by atoms with Crippen molar-refractivity contribution in [3.8, 4) is 11.5 Å². The van der Waals surface area contributed by atoms with Crippen LogP contribution in [0.4, 0.5) is 0 Å². The Balaban J connectivity index is 2.04. The van der Waals surface area contributed by atoms with Crippen LogP contribution in [0.5, 0.6) is 11.5 Å². The first-order chi connectivity index (χ1) is 9.60. The highest BCUT2D eigenvalue weighted by Gasteiger charge is 2.08. The van der Waals surface area contributed by atoms with Gasteiger partial charge in [-0.25, -0.2) is 0 Å². The highest BCUT2D eigenvalue weighted by molar-refractivity contribution is 5.38. The Kier molecular flexibility index (Phi) is 4.63. The maximum Gasteiger partial charge on any atom is 0.150 e. The predicted molar refractivity (Wildman–Crippen MR) is 76.0 cm³/mol. The van der Waals surface area contributed by atoms with Gasteiger partial charge in [0.15, 0.2) is 5.76 Å². The highest BCUT2D eigenvalue weighted by Crippen LogP contribution is 2.23. The number of hydrogen-bond acceptors (Lipinski definition) is 5. The average Bonchev–Trinajstić information content (AvgIpc) is 2.83. The number of ether oxygens (including phenoxy) is 2. The van der Waals surface area contributed by atoms with Crippen LogP contribution >= 0.6 is 0 Å². The van der Waals surface area contributed by atoms with E-state index in [9.17, 15) is 0 Å². The first kappa shape index (κ1) is 14.4. The van der Waals surface area contributed by atoms with Crippen LogP contribution in [0, 0.1) is 6.92 Å². The summed E-state index contributed by atoms with van der Waals surface area (Å²) >= 11 is 0. The monoisotopic (exact) mass is 276 g/mol. The molecule has 1 aromatic heterocycles.